The summed E-state index contributed by atoms with van der Waals surface area (Å²) in [4.78, 5) is 17.6. The average molecular weight is 358 g/mol. The summed E-state index contributed by atoms with van der Waals surface area (Å²) in [5.41, 5.74) is 0.942. The number of ether oxygens (including phenoxy) is 1. The number of rotatable bonds is 6. The average Bonchev–Trinajstić information content (AvgIpc) is 3.29. The van der Waals surface area contributed by atoms with Crippen molar-refractivity contribution in [2.24, 2.45) is 0 Å². The number of piperazine rings is 1. The van der Waals surface area contributed by atoms with Crippen molar-refractivity contribution in [1.82, 2.24) is 34.6 Å². The second kappa shape index (κ2) is 7.34. The fraction of sp³-hybridized carbons (Fsp3) is 0.562. The van der Waals surface area contributed by atoms with Crippen LogP contribution in [0.1, 0.15) is 17.4 Å². The van der Waals surface area contributed by atoms with E-state index in [4.69, 9.17) is 9.26 Å². The molecule has 0 unspecified atom stereocenters. The van der Waals surface area contributed by atoms with Crippen LogP contribution in [-0.4, -0.2) is 74.5 Å². The lowest BCUT2D eigenvalue weighted by molar-refractivity contribution is 0.199. The van der Waals surface area contributed by atoms with Gasteiger partial charge >= 0.3 is 0 Å². The molecular formula is C16H22N8O2. The Kier molecular flexibility index (Phi) is 4.76. The van der Waals surface area contributed by atoms with E-state index in [9.17, 15) is 0 Å². The normalized spacial score (nSPS) is 15.8. The monoisotopic (exact) mass is 358 g/mol. The summed E-state index contributed by atoms with van der Waals surface area (Å²) in [7, 11) is 1.66. The largest absolute Gasteiger partial charge is 0.384 e. The number of methoxy groups -OCH3 is 1. The van der Waals surface area contributed by atoms with Crippen molar-refractivity contribution in [3.8, 4) is 0 Å². The summed E-state index contributed by atoms with van der Waals surface area (Å²) < 4.78 is 12.2. The maximum absolute atomic E-state index is 5.34. The Morgan fingerprint density at radius 2 is 2.04 bits per heavy atom. The van der Waals surface area contributed by atoms with E-state index in [-0.39, 0.29) is 0 Å². The Bertz CT molecular complexity index is 868. The van der Waals surface area contributed by atoms with E-state index in [0.29, 0.717) is 37.1 Å². The quantitative estimate of drug-likeness (QED) is 0.617. The lowest BCUT2D eigenvalue weighted by atomic mass is 10.3. The lowest BCUT2D eigenvalue weighted by Gasteiger charge is -2.35. The minimum Gasteiger partial charge on any atom is -0.384 e. The van der Waals surface area contributed by atoms with Crippen molar-refractivity contribution in [2.75, 3.05) is 44.8 Å². The van der Waals surface area contributed by atoms with Crippen molar-refractivity contribution in [1.29, 1.82) is 0 Å². The van der Waals surface area contributed by atoms with Crippen molar-refractivity contribution in [3.63, 3.8) is 0 Å². The summed E-state index contributed by atoms with van der Waals surface area (Å²) in [6.45, 7) is 6.85. The smallest absolute Gasteiger partial charge is 0.254 e. The van der Waals surface area contributed by atoms with Crippen LogP contribution < -0.4 is 4.90 Å². The highest BCUT2D eigenvalue weighted by atomic mass is 16.5. The Morgan fingerprint density at radius 3 is 2.85 bits per heavy atom. The molecular weight excluding hydrogens is 336 g/mol. The molecule has 10 heteroatoms. The molecule has 0 atom stereocenters. The van der Waals surface area contributed by atoms with Gasteiger partial charge < -0.3 is 14.2 Å². The summed E-state index contributed by atoms with van der Waals surface area (Å²) in [6, 6.07) is 2.05. The van der Waals surface area contributed by atoms with Gasteiger partial charge in [0.1, 0.15) is 12.1 Å². The molecule has 26 heavy (non-hydrogen) atoms. The first kappa shape index (κ1) is 16.9. The minimum absolute atomic E-state index is 0.597. The van der Waals surface area contributed by atoms with Crippen LogP contribution in [0.25, 0.3) is 5.78 Å². The Balaban J connectivity index is 1.38. The van der Waals surface area contributed by atoms with Crippen LogP contribution in [0.3, 0.4) is 0 Å². The van der Waals surface area contributed by atoms with Crippen LogP contribution in [0.15, 0.2) is 16.9 Å². The number of anilines is 1. The van der Waals surface area contributed by atoms with Crippen LogP contribution in [0.5, 0.6) is 0 Å². The standard InChI is InChI=1S/C16H22N8O2/c1-12-9-15(24-16(19-12)17-11-18-24)23-6-4-22(5-7-23)10-14-20-13(21-26-14)3-8-25-2/h9,11H,3-8,10H2,1-2H3. The summed E-state index contributed by atoms with van der Waals surface area (Å²) in [5.74, 6) is 3.02. The molecule has 0 spiro atoms. The third-order valence-corrected chi connectivity index (χ3v) is 4.46. The summed E-state index contributed by atoms with van der Waals surface area (Å²) in [6.07, 6.45) is 2.21. The van der Waals surface area contributed by atoms with Gasteiger partial charge in [0.25, 0.3) is 5.78 Å². The van der Waals surface area contributed by atoms with Gasteiger partial charge in [-0.15, -0.1) is 0 Å². The van der Waals surface area contributed by atoms with Crippen LogP contribution in [0, 0.1) is 6.92 Å². The number of hydrogen-bond donors (Lipinski definition) is 0. The van der Waals surface area contributed by atoms with Crippen molar-refractivity contribution in [2.45, 2.75) is 19.9 Å². The number of aryl methyl sites for hydroxylation is 1. The van der Waals surface area contributed by atoms with Gasteiger partial charge in [0.05, 0.1) is 13.2 Å². The van der Waals surface area contributed by atoms with E-state index in [1.807, 2.05) is 6.92 Å². The fourth-order valence-electron chi connectivity index (χ4n) is 3.11. The van der Waals surface area contributed by atoms with Crippen molar-refractivity contribution < 1.29 is 9.26 Å². The van der Waals surface area contributed by atoms with Gasteiger partial charge in [-0.1, -0.05) is 5.16 Å². The molecule has 0 saturated carbocycles. The Hall–Kier alpha value is -2.59. The zero-order valence-corrected chi connectivity index (χ0v) is 15.0. The third-order valence-electron chi connectivity index (χ3n) is 4.46. The highest BCUT2D eigenvalue weighted by molar-refractivity contribution is 5.47. The summed E-state index contributed by atoms with van der Waals surface area (Å²) in [5, 5.41) is 8.28. The molecule has 0 amide bonds. The number of hydrogen-bond acceptors (Lipinski definition) is 9. The van der Waals surface area contributed by atoms with Crippen molar-refractivity contribution in [3.05, 3.63) is 29.8 Å². The van der Waals surface area contributed by atoms with E-state index in [1.54, 1.807) is 11.6 Å². The highest BCUT2D eigenvalue weighted by Gasteiger charge is 2.22. The zero-order chi connectivity index (χ0) is 17.9. The van der Waals surface area contributed by atoms with E-state index < -0.39 is 0 Å². The molecule has 0 radical (unpaired) electrons. The molecule has 1 fully saturated rings. The van der Waals surface area contributed by atoms with Gasteiger partial charge in [0.2, 0.25) is 5.89 Å². The molecule has 0 aromatic carbocycles. The second-order valence-corrected chi connectivity index (χ2v) is 6.34. The molecule has 10 nitrogen and oxygen atoms in total. The highest BCUT2D eigenvalue weighted by Crippen LogP contribution is 2.18. The van der Waals surface area contributed by atoms with Crippen molar-refractivity contribution >= 4 is 11.6 Å². The minimum atomic E-state index is 0.597. The van der Waals surface area contributed by atoms with E-state index in [0.717, 1.165) is 37.7 Å². The molecule has 3 aromatic rings. The van der Waals surface area contributed by atoms with Gasteiger partial charge in [-0.05, 0) is 6.92 Å². The maximum atomic E-state index is 5.34. The Morgan fingerprint density at radius 1 is 1.19 bits per heavy atom. The molecule has 0 bridgehead atoms. The maximum Gasteiger partial charge on any atom is 0.254 e. The molecule has 1 aliphatic rings. The molecule has 0 N–H and O–H groups in total. The van der Waals surface area contributed by atoms with Gasteiger partial charge in [0.15, 0.2) is 5.82 Å². The lowest BCUT2D eigenvalue weighted by Crippen LogP contribution is -2.46. The van der Waals surface area contributed by atoms with Gasteiger partial charge in [-0.2, -0.15) is 19.6 Å². The zero-order valence-electron chi connectivity index (χ0n) is 15.0. The molecule has 4 heterocycles. The first-order valence-corrected chi connectivity index (χ1v) is 8.68. The fourth-order valence-corrected chi connectivity index (χ4v) is 3.11. The topological polar surface area (TPSA) is 97.7 Å². The molecule has 3 aromatic heterocycles. The van der Waals surface area contributed by atoms with E-state index >= 15 is 0 Å². The summed E-state index contributed by atoms with van der Waals surface area (Å²) >= 11 is 0. The molecule has 138 valence electrons. The number of fused-ring (bicyclic) bond motifs is 1. The van der Waals surface area contributed by atoms with Crippen LogP contribution in [-0.2, 0) is 17.7 Å². The predicted molar refractivity (Wildman–Crippen MR) is 92.9 cm³/mol. The van der Waals surface area contributed by atoms with E-state index in [2.05, 4.69) is 41.1 Å². The molecule has 1 aliphatic heterocycles. The van der Waals surface area contributed by atoms with Gasteiger partial charge in [0, 0.05) is 51.5 Å². The first-order valence-electron chi connectivity index (χ1n) is 8.68. The van der Waals surface area contributed by atoms with E-state index in [1.165, 1.54) is 6.33 Å². The predicted octanol–water partition coefficient (Wildman–Crippen LogP) is 0.327. The molecule has 1 saturated heterocycles. The van der Waals surface area contributed by atoms with Crippen LogP contribution in [0.4, 0.5) is 5.82 Å². The number of aromatic nitrogens is 6. The number of nitrogens with zero attached hydrogens (tertiary/aromatic N) is 8. The van der Waals surface area contributed by atoms with Crippen LogP contribution >= 0.6 is 0 Å². The first-order chi connectivity index (χ1) is 12.7. The molecule has 4 rings (SSSR count). The SMILES string of the molecule is COCCc1noc(CN2CCN(c3cc(C)nc4ncnn34)CC2)n1. The third kappa shape index (κ3) is 3.51. The molecule has 0 aliphatic carbocycles. The Labute approximate surface area is 150 Å². The van der Waals surface area contributed by atoms with Gasteiger partial charge in [-0.25, -0.2) is 4.98 Å². The van der Waals surface area contributed by atoms with Crippen LogP contribution in [0.2, 0.25) is 0 Å². The second-order valence-electron chi connectivity index (χ2n) is 6.34. The van der Waals surface area contributed by atoms with Gasteiger partial charge in [-0.3, -0.25) is 4.90 Å².